The van der Waals surface area contributed by atoms with Gasteiger partial charge in [-0.2, -0.15) is 0 Å². The minimum absolute atomic E-state index is 0.211. The van der Waals surface area contributed by atoms with Crippen molar-refractivity contribution in [1.29, 1.82) is 0 Å². The van der Waals surface area contributed by atoms with Crippen molar-refractivity contribution in [1.82, 2.24) is 4.90 Å². The number of methoxy groups -OCH3 is 1. The number of carbonyl (C=O) groups is 2. The van der Waals surface area contributed by atoms with Gasteiger partial charge >= 0.3 is 0 Å². The molecule has 1 saturated heterocycles. The van der Waals surface area contributed by atoms with Crippen LogP contribution < -0.4 is 9.47 Å². The van der Waals surface area contributed by atoms with Crippen molar-refractivity contribution < 1.29 is 19.1 Å². The Balaban J connectivity index is 1.66. The van der Waals surface area contributed by atoms with Gasteiger partial charge in [0.1, 0.15) is 18.1 Å². The molecular weight excluding hydrogens is 338 g/mol. The number of benzene rings is 2. The molecule has 0 spiro atoms. The first kappa shape index (κ1) is 17.1. The molecule has 5 nitrogen and oxygen atoms in total. The predicted octanol–water partition coefficient (Wildman–Crippen LogP) is 3.81. The Morgan fingerprint density at radius 3 is 2.52 bits per heavy atom. The first-order valence-electron chi connectivity index (χ1n) is 7.75. The van der Waals surface area contributed by atoms with Gasteiger partial charge in [0.05, 0.1) is 18.6 Å². The summed E-state index contributed by atoms with van der Waals surface area (Å²) in [7, 11) is 1.57. The summed E-state index contributed by atoms with van der Waals surface area (Å²) in [5, 5.41) is -0.289. The van der Waals surface area contributed by atoms with Gasteiger partial charge in [0, 0.05) is 5.56 Å². The Morgan fingerprint density at radius 1 is 1.04 bits per heavy atom. The van der Waals surface area contributed by atoms with Gasteiger partial charge in [-0.15, -0.1) is 0 Å². The maximum Gasteiger partial charge on any atom is 0.293 e. The lowest BCUT2D eigenvalue weighted by Gasteiger charge is -2.13. The van der Waals surface area contributed by atoms with E-state index in [1.807, 2.05) is 54.6 Å². The highest BCUT2D eigenvalue weighted by molar-refractivity contribution is 8.18. The lowest BCUT2D eigenvalue weighted by atomic mass is 10.2. The van der Waals surface area contributed by atoms with E-state index in [1.165, 1.54) is 4.90 Å². The molecule has 1 heterocycles. The number of rotatable bonds is 6. The van der Waals surface area contributed by atoms with Crippen LogP contribution in [0.2, 0.25) is 0 Å². The first-order chi connectivity index (χ1) is 12.2. The lowest BCUT2D eigenvalue weighted by molar-refractivity contribution is -0.123. The Bertz CT molecular complexity index is 804. The van der Waals surface area contributed by atoms with Gasteiger partial charge in [0.15, 0.2) is 0 Å². The van der Waals surface area contributed by atoms with Crippen LogP contribution in [0.4, 0.5) is 4.79 Å². The third kappa shape index (κ3) is 4.03. The number of amides is 2. The minimum Gasteiger partial charge on any atom is -0.496 e. The highest BCUT2D eigenvalue weighted by Gasteiger charge is 2.34. The fourth-order valence-electron chi connectivity index (χ4n) is 2.39. The fraction of sp³-hybridized carbons (Fsp3) is 0.158. The van der Waals surface area contributed by atoms with Gasteiger partial charge in [-0.3, -0.25) is 14.5 Å². The predicted molar refractivity (Wildman–Crippen MR) is 97.6 cm³/mol. The van der Waals surface area contributed by atoms with Crippen molar-refractivity contribution in [2.24, 2.45) is 0 Å². The van der Waals surface area contributed by atoms with Gasteiger partial charge in [-0.1, -0.05) is 36.4 Å². The molecule has 3 rings (SSSR count). The Hall–Kier alpha value is -2.73. The van der Waals surface area contributed by atoms with Crippen molar-refractivity contribution in [2.45, 2.75) is 0 Å². The van der Waals surface area contributed by atoms with Crippen LogP contribution in [0.5, 0.6) is 11.5 Å². The SMILES string of the molecule is COc1ccccc1/C=C1\SC(=O)N(CCOc2ccccc2)C1=O. The Labute approximate surface area is 150 Å². The van der Waals surface area contributed by atoms with Crippen LogP contribution in [0.1, 0.15) is 5.56 Å². The van der Waals surface area contributed by atoms with Crippen LogP contribution in [0.3, 0.4) is 0 Å². The van der Waals surface area contributed by atoms with E-state index in [9.17, 15) is 9.59 Å². The normalized spacial score (nSPS) is 15.7. The maximum atomic E-state index is 12.5. The molecule has 6 heteroatoms. The van der Waals surface area contributed by atoms with Crippen molar-refractivity contribution in [3.8, 4) is 11.5 Å². The van der Waals surface area contributed by atoms with Crippen LogP contribution in [0, 0.1) is 0 Å². The molecule has 2 aromatic carbocycles. The number of hydrogen-bond acceptors (Lipinski definition) is 5. The highest BCUT2D eigenvalue weighted by atomic mass is 32.2. The average Bonchev–Trinajstić information content (AvgIpc) is 2.90. The second-order valence-corrected chi connectivity index (χ2v) is 6.23. The quantitative estimate of drug-likeness (QED) is 0.738. The zero-order valence-corrected chi connectivity index (χ0v) is 14.5. The summed E-state index contributed by atoms with van der Waals surface area (Å²) in [5.41, 5.74) is 0.760. The molecule has 2 amide bonds. The molecule has 128 valence electrons. The van der Waals surface area contributed by atoms with Gasteiger partial charge in [0.25, 0.3) is 11.1 Å². The molecule has 1 aliphatic rings. The molecule has 0 N–H and O–H groups in total. The Morgan fingerprint density at radius 2 is 1.76 bits per heavy atom. The molecule has 0 radical (unpaired) electrons. The third-order valence-electron chi connectivity index (χ3n) is 3.63. The molecule has 0 aliphatic carbocycles. The van der Waals surface area contributed by atoms with Gasteiger partial charge < -0.3 is 9.47 Å². The molecule has 1 fully saturated rings. The van der Waals surface area contributed by atoms with Crippen LogP contribution in [0.25, 0.3) is 6.08 Å². The second kappa shape index (κ2) is 7.90. The minimum atomic E-state index is -0.308. The summed E-state index contributed by atoms with van der Waals surface area (Å²) >= 11 is 0.929. The van der Waals surface area contributed by atoms with Crippen molar-refractivity contribution in [2.75, 3.05) is 20.3 Å². The van der Waals surface area contributed by atoms with E-state index >= 15 is 0 Å². The molecule has 2 aromatic rings. The largest absolute Gasteiger partial charge is 0.496 e. The number of hydrogen-bond donors (Lipinski definition) is 0. The van der Waals surface area contributed by atoms with E-state index in [0.29, 0.717) is 16.4 Å². The number of ether oxygens (including phenoxy) is 2. The van der Waals surface area contributed by atoms with Crippen LogP contribution in [-0.4, -0.2) is 36.3 Å². The zero-order valence-electron chi connectivity index (χ0n) is 13.7. The van der Waals surface area contributed by atoms with Crippen molar-refractivity contribution >= 4 is 29.0 Å². The summed E-state index contributed by atoms with van der Waals surface area (Å²) in [4.78, 5) is 26.2. The summed E-state index contributed by atoms with van der Waals surface area (Å²) in [6.07, 6.45) is 1.68. The summed E-state index contributed by atoms with van der Waals surface area (Å²) in [6, 6.07) is 16.6. The van der Waals surface area contributed by atoms with Crippen molar-refractivity contribution in [3.63, 3.8) is 0 Å². The second-order valence-electron chi connectivity index (χ2n) is 5.24. The molecule has 0 bridgehead atoms. The summed E-state index contributed by atoms with van der Waals surface area (Å²) in [5.74, 6) is 1.05. The monoisotopic (exact) mass is 355 g/mol. The molecule has 0 unspecified atom stereocenters. The first-order valence-corrected chi connectivity index (χ1v) is 8.57. The van der Waals surface area contributed by atoms with Gasteiger partial charge in [-0.25, -0.2) is 0 Å². The smallest absolute Gasteiger partial charge is 0.293 e. The van der Waals surface area contributed by atoms with E-state index in [-0.39, 0.29) is 24.3 Å². The topological polar surface area (TPSA) is 55.8 Å². The standard InChI is InChI=1S/C19H17NO4S/c1-23-16-10-6-5-7-14(16)13-17-18(21)20(19(22)25-17)11-12-24-15-8-3-2-4-9-15/h2-10,13H,11-12H2,1H3/b17-13-. The third-order valence-corrected chi connectivity index (χ3v) is 4.53. The van der Waals surface area contributed by atoms with E-state index in [1.54, 1.807) is 13.2 Å². The summed E-state index contributed by atoms with van der Waals surface area (Å²) in [6.45, 7) is 0.465. The average molecular weight is 355 g/mol. The number of carbonyl (C=O) groups excluding carboxylic acids is 2. The maximum absolute atomic E-state index is 12.5. The summed E-state index contributed by atoms with van der Waals surface area (Å²) < 4.78 is 10.8. The van der Waals surface area contributed by atoms with Gasteiger partial charge in [0.2, 0.25) is 0 Å². The molecule has 25 heavy (non-hydrogen) atoms. The fourth-order valence-corrected chi connectivity index (χ4v) is 3.25. The molecule has 0 saturated carbocycles. The van der Waals surface area contributed by atoms with Crippen LogP contribution >= 0.6 is 11.8 Å². The van der Waals surface area contributed by atoms with E-state index in [4.69, 9.17) is 9.47 Å². The van der Waals surface area contributed by atoms with Crippen molar-refractivity contribution in [3.05, 3.63) is 65.1 Å². The Kier molecular flexibility index (Phi) is 5.40. The molecule has 1 aliphatic heterocycles. The van der Waals surface area contributed by atoms with Crippen LogP contribution in [-0.2, 0) is 4.79 Å². The molecular formula is C19H17NO4S. The molecule has 0 atom stereocenters. The van der Waals surface area contributed by atoms with Crippen LogP contribution in [0.15, 0.2) is 59.5 Å². The van der Waals surface area contributed by atoms with E-state index < -0.39 is 0 Å². The van der Waals surface area contributed by atoms with Gasteiger partial charge in [-0.05, 0) is 36.0 Å². The zero-order chi connectivity index (χ0) is 17.6. The number of thioether (sulfide) groups is 1. The van der Waals surface area contributed by atoms with E-state index in [2.05, 4.69) is 0 Å². The van der Waals surface area contributed by atoms with E-state index in [0.717, 1.165) is 17.3 Å². The highest BCUT2D eigenvalue weighted by Crippen LogP contribution is 2.33. The number of imide groups is 1. The number of nitrogens with zero attached hydrogens (tertiary/aromatic N) is 1. The number of para-hydroxylation sites is 2. The molecule has 0 aromatic heterocycles. The lowest BCUT2D eigenvalue weighted by Crippen LogP contribution is -2.32.